The lowest BCUT2D eigenvalue weighted by atomic mass is 10.1. The first kappa shape index (κ1) is 20.6. The van der Waals surface area contributed by atoms with Gasteiger partial charge in [0.1, 0.15) is 5.00 Å². The van der Waals surface area contributed by atoms with E-state index < -0.39 is 11.9 Å². The molecular weight excluding hydrogens is 368 g/mol. The number of nitrogens with one attached hydrogen (secondary N) is 1. The highest BCUT2D eigenvalue weighted by molar-refractivity contribution is 7.18. The number of ether oxygens (including phenoxy) is 1. The van der Waals surface area contributed by atoms with Crippen molar-refractivity contribution in [1.29, 1.82) is 0 Å². The molecule has 2 aromatic rings. The second-order valence-electron chi connectivity index (χ2n) is 6.32. The predicted octanol–water partition coefficient (Wildman–Crippen LogP) is 2.62. The summed E-state index contributed by atoms with van der Waals surface area (Å²) in [7, 11) is 5.00. The largest absolute Gasteiger partial charge is 0.462 e. The van der Waals surface area contributed by atoms with Gasteiger partial charge in [-0.25, -0.2) is 4.79 Å². The molecule has 0 fully saturated rings. The van der Waals surface area contributed by atoms with Crippen molar-refractivity contribution in [3.8, 4) is 0 Å². The Kier molecular flexibility index (Phi) is 6.37. The summed E-state index contributed by atoms with van der Waals surface area (Å²) >= 11 is 1.07. The second-order valence-corrected chi connectivity index (χ2v) is 7.34. The van der Waals surface area contributed by atoms with Gasteiger partial charge < -0.3 is 15.0 Å². The molecule has 0 saturated heterocycles. The zero-order chi connectivity index (χ0) is 20.3. The third-order valence-electron chi connectivity index (χ3n) is 4.10. The third-order valence-corrected chi connectivity index (χ3v) is 5.29. The lowest BCUT2D eigenvalue weighted by Gasteiger charge is -2.09. The second kappa shape index (κ2) is 8.34. The van der Waals surface area contributed by atoms with E-state index in [0.717, 1.165) is 11.3 Å². The summed E-state index contributed by atoms with van der Waals surface area (Å²) in [6, 6.07) is 0. The number of carbonyl (C=O) groups excluding carboxylic acids is 3. The van der Waals surface area contributed by atoms with Crippen LogP contribution in [-0.2, 0) is 11.8 Å². The third kappa shape index (κ3) is 4.19. The van der Waals surface area contributed by atoms with Crippen LogP contribution in [0.3, 0.4) is 0 Å². The molecule has 0 unspecified atom stereocenters. The first-order chi connectivity index (χ1) is 12.7. The Hall–Kier alpha value is -2.68. The maximum Gasteiger partial charge on any atom is 0.341 e. The van der Waals surface area contributed by atoms with Crippen molar-refractivity contribution in [2.45, 2.75) is 27.2 Å². The molecule has 9 heteroatoms. The molecule has 0 atom stereocenters. The maximum absolute atomic E-state index is 12.7. The fourth-order valence-corrected chi connectivity index (χ4v) is 3.62. The van der Waals surface area contributed by atoms with E-state index in [2.05, 4.69) is 10.4 Å². The van der Waals surface area contributed by atoms with Crippen molar-refractivity contribution in [2.75, 3.05) is 26.0 Å². The Morgan fingerprint density at radius 2 is 1.96 bits per heavy atom. The zero-order valence-electron chi connectivity index (χ0n) is 16.4. The summed E-state index contributed by atoms with van der Waals surface area (Å²) in [6.07, 6.45) is 2.14. The van der Waals surface area contributed by atoms with Gasteiger partial charge in [-0.15, -0.1) is 11.3 Å². The van der Waals surface area contributed by atoms with Crippen LogP contribution < -0.4 is 5.32 Å². The number of aromatic nitrogens is 2. The van der Waals surface area contributed by atoms with Crippen molar-refractivity contribution in [3.05, 3.63) is 33.5 Å². The van der Waals surface area contributed by atoms with Crippen LogP contribution in [0.1, 0.15) is 55.0 Å². The van der Waals surface area contributed by atoms with Crippen LogP contribution in [0.15, 0.2) is 6.20 Å². The SMILES string of the molecule is CCCOC(=O)c1c(NC(=O)c2cnn(C)c2C)sc(C(=O)N(C)C)c1C. The number of hydrogen-bond donors (Lipinski definition) is 1. The van der Waals surface area contributed by atoms with Gasteiger partial charge in [-0.1, -0.05) is 6.92 Å². The average molecular weight is 392 g/mol. The zero-order valence-corrected chi connectivity index (χ0v) is 17.2. The molecular formula is C18H24N4O4S. The van der Waals surface area contributed by atoms with Crippen LogP contribution in [0, 0.1) is 13.8 Å². The van der Waals surface area contributed by atoms with Crippen LogP contribution in [0.5, 0.6) is 0 Å². The Morgan fingerprint density at radius 3 is 2.48 bits per heavy atom. The molecule has 2 rings (SSSR count). The van der Waals surface area contributed by atoms with Gasteiger partial charge in [0.25, 0.3) is 11.8 Å². The summed E-state index contributed by atoms with van der Waals surface area (Å²) in [6.45, 7) is 5.61. The number of carbonyl (C=O) groups is 3. The molecule has 146 valence electrons. The van der Waals surface area contributed by atoms with E-state index in [4.69, 9.17) is 4.74 Å². The van der Waals surface area contributed by atoms with E-state index in [1.165, 1.54) is 11.1 Å². The van der Waals surface area contributed by atoms with E-state index in [9.17, 15) is 14.4 Å². The van der Waals surface area contributed by atoms with Crippen molar-refractivity contribution < 1.29 is 19.1 Å². The Morgan fingerprint density at radius 1 is 1.30 bits per heavy atom. The van der Waals surface area contributed by atoms with Gasteiger partial charge in [0, 0.05) is 26.8 Å². The minimum absolute atomic E-state index is 0.216. The number of nitrogens with zero attached hydrogens (tertiary/aromatic N) is 3. The van der Waals surface area contributed by atoms with Gasteiger partial charge in [0.05, 0.1) is 28.8 Å². The van der Waals surface area contributed by atoms with Crippen LogP contribution >= 0.6 is 11.3 Å². The minimum Gasteiger partial charge on any atom is -0.462 e. The number of aryl methyl sites for hydroxylation is 1. The Balaban J connectivity index is 2.45. The molecule has 1 N–H and O–H groups in total. The number of thiophene rings is 1. The highest BCUT2D eigenvalue weighted by Gasteiger charge is 2.28. The summed E-state index contributed by atoms with van der Waals surface area (Å²) in [5.74, 6) is -1.18. The predicted molar refractivity (Wildman–Crippen MR) is 104 cm³/mol. The minimum atomic E-state index is -0.554. The molecule has 0 aliphatic heterocycles. The first-order valence-electron chi connectivity index (χ1n) is 8.51. The molecule has 0 aliphatic carbocycles. The molecule has 0 saturated carbocycles. The smallest absolute Gasteiger partial charge is 0.341 e. The number of amides is 2. The van der Waals surface area contributed by atoms with Gasteiger partial charge >= 0.3 is 5.97 Å². The molecule has 0 radical (unpaired) electrons. The van der Waals surface area contributed by atoms with Crippen molar-refractivity contribution >= 4 is 34.1 Å². The molecule has 0 aromatic carbocycles. The summed E-state index contributed by atoms with van der Waals surface area (Å²) < 4.78 is 6.83. The van der Waals surface area contributed by atoms with Crippen molar-refractivity contribution in [3.63, 3.8) is 0 Å². The molecule has 2 amide bonds. The molecule has 27 heavy (non-hydrogen) atoms. The van der Waals surface area contributed by atoms with E-state index in [0.29, 0.717) is 33.1 Å². The quantitative estimate of drug-likeness (QED) is 0.763. The fourth-order valence-electron chi connectivity index (χ4n) is 2.41. The molecule has 0 bridgehead atoms. The lowest BCUT2D eigenvalue weighted by molar-refractivity contribution is 0.0506. The number of hydrogen-bond acceptors (Lipinski definition) is 6. The molecule has 0 aliphatic rings. The number of rotatable bonds is 6. The van der Waals surface area contributed by atoms with Crippen molar-refractivity contribution in [1.82, 2.24) is 14.7 Å². The van der Waals surface area contributed by atoms with E-state index in [-0.39, 0.29) is 18.1 Å². The van der Waals surface area contributed by atoms with E-state index in [1.54, 1.807) is 39.7 Å². The molecule has 2 aromatic heterocycles. The highest BCUT2D eigenvalue weighted by Crippen LogP contribution is 2.34. The Labute approximate surface area is 162 Å². The Bertz CT molecular complexity index is 882. The monoisotopic (exact) mass is 392 g/mol. The van der Waals surface area contributed by atoms with Crippen LogP contribution in [0.4, 0.5) is 5.00 Å². The first-order valence-corrected chi connectivity index (χ1v) is 9.32. The van der Waals surface area contributed by atoms with Crippen LogP contribution in [-0.4, -0.2) is 53.2 Å². The topological polar surface area (TPSA) is 93.5 Å². The molecule has 2 heterocycles. The van der Waals surface area contributed by atoms with E-state index in [1.807, 2.05) is 6.92 Å². The molecule has 0 spiro atoms. The maximum atomic E-state index is 12.7. The van der Waals surface area contributed by atoms with Gasteiger partial charge in [-0.2, -0.15) is 5.10 Å². The van der Waals surface area contributed by atoms with Crippen LogP contribution in [0.2, 0.25) is 0 Å². The van der Waals surface area contributed by atoms with Gasteiger partial charge in [0.2, 0.25) is 0 Å². The van der Waals surface area contributed by atoms with Gasteiger partial charge in [-0.05, 0) is 25.8 Å². The summed E-state index contributed by atoms with van der Waals surface area (Å²) in [4.78, 5) is 39.4. The average Bonchev–Trinajstić information content (AvgIpc) is 3.12. The summed E-state index contributed by atoms with van der Waals surface area (Å²) in [5.41, 5.74) is 1.81. The number of anilines is 1. The van der Waals surface area contributed by atoms with Crippen LogP contribution in [0.25, 0.3) is 0 Å². The van der Waals surface area contributed by atoms with Crippen molar-refractivity contribution in [2.24, 2.45) is 7.05 Å². The standard InChI is InChI=1S/C18H24N4O4S/c1-7-8-26-18(25)13-10(2)14(17(24)21(4)5)27-16(13)20-15(23)12-9-19-22(6)11(12)3/h9H,7-8H2,1-6H3,(H,20,23). The molecule has 8 nitrogen and oxygen atoms in total. The fraction of sp³-hybridized carbons (Fsp3) is 0.444. The summed E-state index contributed by atoms with van der Waals surface area (Å²) in [5, 5.41) is 7.10. The highest BCUT2D eigenvalue weighted by atomic mass is 32.1. The van der Waals surface area contributed by atoms with Gasteiger partial charge in [-0.3, -0.25) is 14.3 Å². The van der Waals surface area contributed by atoms with E-state index >= 15 is 0 Å². The van der Waals surface area contributed by atoms with Gasteiger partial charge in [0.15, 0.2) is 0 Å². The lowest BCUT2D eigenvalue weighted by Crippen LogP contribution is -2.21. The normalized spacial score (nSPS) is 10.6. The number of esters is 1.